The number of aliphatic carboxylic acids is 1. The van der Waals surface area contributed by atoms with Crippen molar-refractivity contribution in [1.29, 1.82) is 0 Å². The Hall–Kier alpha value is -6.83. The monoisotopic (exact) mass is 895 g/mol. The first kappa shape index (κ1) is 47.6. The van der Waals surface area contributed by atoms with Crippen LogP contribution in [0.2, 0.25) is 0 Å². The van der Waals surface area contributed by atoms with Crippen LogP contribution in [0.3, 0.4) is 0 Å². The molecule has 19 heteroatoms. The molecule has 0 saturated heterocycles. The summed E-state index contributed by atoms with van der Waals surface area (Å²) in [5.74, 6) is -4.06. The Balaban J connectivity index is 1.37. The van der Waals surface area contributed by atoms with E-state index < -0.39 is 65.6 Å². The fraction of sp³-hybridized carbons (Fsp3) is 0.413. The number of aromatic nitrogens is 2. The van der Waals surface area contributed by atoms with Gasteiger partial charge >= 0.3 is 5.97 Å². The Labute approximate surface area is 376 Å². The van der Waals surface area contributed by atoms with Crippen molar-refractivity contribution in [3.8, 4) is 39.8 Å². The van der Waals surface area contributed by atoms with Crippen LogP contribution in [0.15, 0.2) is 54.6 Å². The maximum absolute atomic E-state index is 14.5. The van der Waals surface area contributed by atoms with Crippen LogP contribution in [0.4, 0.5) is 5.82 Å². The number of carboxylic acid groups (broad SMARTS) is 1. The van der Waals surface area contributed by atoms with Gasteiger partial charge in [-0.15, -0.1) is 0 Å². The molecule has 4 amide bonds. The van der Waals surface area contributed by atoms with E-state index in [2.05, 4.69) is 25.9 Å². The molecule has 65 heavy (non-hydrogen) atoms. The Morgan fingerprint density at radius 1 is 0.969 bits per heavy atom. The number of carboxylic acids is 1. The average molecular weight is 896 g/mol. The van der Waals surface area contributed by atoms with E-state index in [0.717, 1.165) is 22.8 Å². The van der Waals surface area contributed by atoms with E-state index in [-0.39, 0.29) is 71.4 Å². The highest BCUT2D eigenvalue weighted by molar-refractivity contribution is 6.02. The zero-order valence-corrected chi connectivity index (χ0v) is 36.8. The average Bonchev–Trinajstić information content (AvgIpc) is 4.09. The Kier molecular flexibility index (Phi) is 15.2. The third-order valence-corrected chi connectivity index (χ3v) is 11.3. The molecule has 4 aromatic rings. The number of aromatic hydroxyl groups is 1. The van der Waals surface area contributed by atoms with Crippen LogP contribution in [0.1, 0.15) is 71.9 Å². The fourth-order valence-corrected chi connectivity index (χ4v) is 7.52. The van der Waals surface area contributed by atoms with Crippen LogP contribution >= 0.6 is 0 Å². The lowest BCUT2D eigenvalue weighted by atomic mass is 9.93. The number of hydrogen-bond acceptors (Lipinski definition) is 14. The minimum Gasteiger partial charge on any atom is -0.504 e. The quantitative estimate of drug-likeness (QED) is 0.0724. The number of nitrogen functional groups attached to an aromatic ring is 1. The molecule has 1 saturated carbocycles. The Morgan fingerprint density at radius 2 is 1.69 bits per heavy atom. The van der Waals surface area contributed by atoms with Gasteiger partial charge in [0.15, 0.2) is 17.3 Å². The summed E-state index contributed by atoms with van der Waals surface area (Å²) in [6, 6.07) is 9.72. The van der Waals surface area contributed by atoms with Gasteiger partial charge in [-0.25, -0.2) is 14.8 Å². The zero-order chi connectivity index (χ0) is 47.1. The van der Waals surface area contributed by atoms with Crippen LogP contribution in [-0.4, -0.2) is 117 Å². The van der Waals surface area contributed by atoms with Crippen molar-refractivity contribution in [2.24, 2.45) is 17.4 Å². The number of nitrogens with two attached hydrogens (primary N) is 3. The summed E-state index contributed by atoms with van der Waals surface area (Å²) >= 11 is 0. The molecule has 0 radical (unpaired) electrons. The lowest BCUT2D eigenvalue weighted by Gasteiger charge is -2.32. The van der Waals surface area contributed by atoms with E-state index in [9.17, 15) is 39.3 Å². The van der Waals surface area contributed by atoms with Gasteiger partial charge in [0.1, 0.15) is 54.0 Å². The summed E-state index contributed by atoms with van der Waals surface area (Å²) in [5, 5.41) is 40.0. The van der Waals surface area contributed by atoms with E-state index in [0.29, 0.717) is 24.4 Å². The number of phenols is 1. The molecule has 1 fully saturated rings. The van der Waals surface area contributed by atoms with Crippen molar-refractivity contribution < 1.29 is 48.8 Å². The first-order valence-electron chi connectivity index (χ1n) is 21.5. The number of ether oxygens (including phenoxy) is 2. The normalized spacial score (nSPS) is 18.3. The highest BCUT2D eigenvalue weighted by Crippen LogP contribution is 2.45. The topological polar surface area (TPSA) is 308 Å². The molecule has 1 aliphatic heterocycles. The molecular formula is C46H57N9O10. The van der Waals surface area contributed by atoms with Gasteiger partial charge in [0.05, 0.1) is 12.3 Å². The number of aryl methyl sites for hydroxylation is 1. The maximum Gasteiger partial charge on any atom is 0.326 e. The van der Waals surface area contributed by atoms with Gasteiger partial charge in [-0.1, -0.05) is 30.3 Å². The van der Waals surface area contributed by atoms with Crippen LogP contribution in [0.25, 0.3) is 22.5 Å². The minimum atomic E-state index is -1.59. The first-order chi connectivity index (χ1) is 31.0. The van der Waals surface area contributed by atoms with E-state index >= 15 is 0 Å². The van der Waals surface area contributed by atoms with E-state index in [1.54, 1.807) is 25.1 Å². The van der Waals surface area contributed by atoms with Crippen molar-refractivity contribution in [1.82, 2.24) is 30.8 Å². The summed E-state index contributed by atoms with van der Waals surface area (Å²) in [5.41, 5.74) is 20.6. The molecule has 0 unspecified atom stereocenters. The van der Waals surface area contributed by atoms with Crippen LogP contribution in [-0.2, 0) is 32.0 Å². The Morgan fingerprint density at radius 3 is 2.34 bits per heavy atom. The number of nitrogens with one attached hydrogen (secondary N) is 3. The highest BCUT2D eigenvalue weighted by Gasteiger charge is 2.36. The van der Waals surface area contributed by atoms with E-state index in [4.69, 9.17) is 26.7 Å². The van der Waals surface area contributed by atoms with E-state index in [1.165, 1.54) is 51.4 Å². The lowest BCUT2D eigenvalue weighted by Crippen LogP contribution is -2.54. The third kappa shape index (κ3) is 11.5. The third-order valence-electron chi connectivity index (χ3n) is 11.3. The van der Waals surface area contributed by atoms with E-state index in [1.807, 2.05) is 24.3 Å². The van der Waals surface area contributed by atoms with Crippen molar-refractivity contribution >= 4 is 35.4 Å². The largest absolute Gasteiger partial charge is 0.504 e. The molecule has 19 nitrogen and oxygen atoms in total. The van der Waals surface area contributed by atoms with Gasteiger partial charge in [0.25, 0.3) is 5.91 Å². The van der Waals surface area contributed by atoms with Gasteiger partial charge in [-0.3, -0.25) is 19.2 Å². The Bertz CT molecular complexity index is 2400. The molecule has 4 bridgehead atoms. The van der Waals surface area contributed by atoms with Crippen LogP contribution < -0.4 is 42.6 Å². The van der Waals surface area contributed by atoms with Crippen molar-refractivity contribution in [2.75, 3.05) is 39.1 Å². The number of hydrogen-bond donors (Lipinski definition) is 9. The lowest BCUT2D eigenvalue weighted by molar-refractivity contribution is -0.143. The van der Waals surface area contributed by atoms with Crippen molar-refractivity contribution in [2.45, 2.75) is 83.1 Å². The summed E-state index contributed by atoms with van der Waals surface area (Å²) in [6.07, 6.45) is 2.60. The van der Waals surface area contributed by atoms with Crippen molar-refractivity contribution in [3.63, 3.8) is 0 Å². The standard InChI is InChI=1S/C46H57N9O10/c1-23-37(40(49)54-41(50-23)29-11-8-27(9-12-29)16-26-6-7-26)43(59)52-25(3)45(61)55(4)38-30-19-33(39(57)36(20-30)65-22-31(56)21-48)32-17-28(10-13-35(32)64-15-5-14-47)18-34(46(62)63)53-42(58)24(2)51-44(38)60/h8-13,17,19-20,24-26,31,34,38,56-57H,5-7,14-16,18,21-22,47-48H2,1-4H3,(H,51,60)(H,52,59)(H,53,58)(H,62,63)(H2,49,50,54)/t24-,25-,31+,34-,38-/m0/s1. The van der Waals surface area contributed by atoms with Crippen LogP contribution in [0.5, 0.6) is 17.2 Å². The van der Waals surface area contributed by atoms with Gasteiger partial charge in [-0.2, -0.15) is 0 Å². The summed E-state index contributed by atoms with van der Waals surface area (Å²) in [6.45, 7) is 4.28. The predicted octanol–water partition coefficient (Wildman–Crippen LogP) is 1.73. The zero-order valence-electron chi connectivity index (χ0n) is 36.8. The number of aliphatic hydroxyl groups excluding tert-OH is 1. The predicted molar refractivity (Wildman–Crippen MR) is 240 cm³/mol. The van der Waals surface area contributed by atoms with Gasteiger partial charge in [0.2, 0.25) is 17.7 Å². The summed E-state index contributed by atoms with van der Waals surface area (Å²) in [7, 11) is 1.31. The number of phenolic OH excluding ortho intramolecular Hbond substituents is 1. The molecule has 6 rings (SSSR count). The van der Waals surface area contributed by atoms with Gasteiger partial charge in [-0.05, 0) is 99.9 Å². The number of fused-ring (bicyclic) bond motifs is 5. The number of amides is 4. The number of likely N-dealkylation sites (N-methyl/N-ethyl adjacent to an activating group) is 1. The molecule has 2 aliphatic rings. The molecule has 5 atom stereocenters. The molecule has 2 heterocycles. The second-order valence-electron chi connectivity index (χ2n) is 16.6. The first-order valence-corrected chi connectivity index (χ1v) is 21.5. The van der Waals surface area contributed by atoms with Crippen molar-refractivity contribution in [3.05, 3.63) is 82.5 Å². The maximum atomic E-state index is 14.5. The molecule has 0 spiro atoms. The second kappa shape index (κ2) is 20.8. The number of carbonyl (C=O) groups excluding carboxylic acids is 4. The molecule has 1 aliphatic carbocycles. The molecular weight excluding hydrogens is 839 g/mol. The number of nitrogens with zero attached hydrogens (tertiary/aromatic N) is 3. The minimum absolute atomic E-state index is 0.0482. The molecule has 346 valence electrons. The SMILES string of the molecule is Cc1nc(-c2ccc(CC3CC3)cc2)nc(N)c1C(=O)N[C@@H](C)C(=O)N(C)[C@@H]1C(=O)N[C@@H](C)C(=O)N[C@H](C(=O)O)Cc2ccc(OCCCN)c(c2)-c2cc1cc(OC[C@H](O)CN)c2O. The highest BCUT2D eigenvalue weighted by atomic mass is 16.5. The van der Waals surface area contributed by atoms with Crippen LogP contribution in [0, 0.1) is 12.8 Å². The fourth-order valence-electron chi connectivity index (χ4n) is 7.52. The van der Waals surface area contributed by atoms with Gasteiger partial charge in [0, 0.05) is 36.7 Å². The number of aliphatic hydroxyl groups is 1. The molecule has 12 N–H and O–H groups in total. The number of anilines is 1. The number of rotatable bonds is 16. The smallest absolute Gasteiger partial charge is 0.326 e. The number of benzene rings is 3. The number of carbonyl (C=O) groups is 5. The summed E-state index contributed by atoms with van der Waals surface area (Å²) < 4.78 is 11.9. The summed E-state index contributed by atoms with van der Waals surface area (Å²) in [4.78, 5) is 78.6. The molecule has 1 aromatic heterocycles. The second-order valence-corrected chi connectivity index (χ2v) is 16.6. The van der Waals surface area contributed by atoms with Gasteiger partial charge < -0.3 is 62.8 Å². The molecule has 3 aromatic carbocycles.